The van der Waals surface area contributed by atoms with Crippen LogP contribution in [0.5, 0.6) is 0 Å². The topological polar surface area (TPSA) is 65.5 Å². The molecule has 7 heteroatoms. The van der Waals surface area contributed by atoms with Crippen LogP contribution in [0.2, 0.25) is 0 Å². The molecule has 60 heavy (non-hydrogen) atoms. The van der Waals surface area contributed by atoms with Gasteiger partial charge in [-0.3, -0.25) is 0 Å². The fourth-order valence-corrected chi connectivity index (χ4v) is 8.22. The third-order valence-electron chi connectivity index (χ3n) is 11.1. The molecule has 278 valence electrons. The van der Waals surface area contributed by atoms with Gasteiger partial charge in [-0.25, -0.2) is 24.6 Å². The lowest BCUT2D eigenvalue weighted by molar-refractivity contribution is 0.669. The number of fused-ring (bicyclic) bond motifs is 6. The summed E-state index contributed by atoms with van der Waals surface area (Å²) >= 11 is 0. The van der Waals surface area contributed by atoms with E-state index in [0.29, 0.717) is 28.8 Å². The summed E-state index contributed by atoms with van der Waals surface area (Å²) in [6.45, 7) is 15.4. The Balaban J connectivity index is 1.21. The first kappa shape index (κ1) is 34.6. The molecule has 0 amide bonds. The predicted octanol–water partition coefficient (Wildman–Crippen LogP) is 14.3. The number of hydrogen-bond acceptors (Lipinski definition) is 4. The minimum absolute atomic E-state index is 0.428. The van der Waals surface area contributed by atoms with E-state index >= 15 is 0 Å². The highest BCUT2D eigenvalue weighted by Crippen LogP contribution is 2.41. The predicted molar refractivity (Wildman–Crippen MR) is 241 cm³/mol. The number of benzene rings is 8. The van der Waals surface area contributed by atoms with Crippen molar-refractivity contribution in [2.75, 3.05) is 0 Å². The molecule has 11 aromatic rings. The van der Waals surface area contributed by atoms with E-state index in [-0.39, 0.29) is 0 Å². The van der Waals surface area contributed by atoms with Crippen LogP contribution in [0.3, 0.4) is 0 Å². The second-order valence-corrected chi connectivity index (χ2v) is 14.6. The third-order valence-corrected chi connectivity index (χ3v) is 11.1. The minimum Gasteiger partial charge on any atom is -0.456 e. The fourth-order valence-electron chi connectivity index (χ4n) is 8.22. The van der Waals surface area contributed by atoms with Crippen LogP contribution < -0.4 is 0 Å². The monoisotopic (exact) mass is 766 g/mol. The highest BCUT2D eigenvalue weighted by atomic mass is 16.3. The van der Waals surface area contributed by atoms with Crippen molar-refractivity contribution >= 4 is 55.1 Å². The molecular formula is C53H30N6O. The van der Waals surface area contributed by atoms with Crippen molar-refractivity contribution in [3.8, 4) is 62.1 Å². The fraction of sp³-hybridized carbons (Fsp3) is 0. The average Bonchev–Trinajstić information content (AvgIpc) is 3.86. The van der Waals surface area contributed by atoms with Gasteiger partial charge in [-0.15, -0.1) is 0 Å². The van der Waals surface area contributed by atoms with E-state index in [2.05, 4.69) is 93.1 Å². The maximum absolute atomic E-state index is 7.71. The van der Waals surface area contributed by atoms with Crippen molar-refractivity contribution in [2.45, 2.75) is 0 Å². The number of furan rings is 1. The maximum Gasteiger partial charge on any atom is 0.177 e. The highest BCUT2D eigenvalue weighted by Gasteiger charge is 2.21. The smallest absolute Gasteiger partial charge is 0.177 e. The Kier molecular flexibility index (Phi) is 8.11. The molecule has 0 atom stereocenters. The van der Waals surface area contributed by atoms with Crippen LogP contribution in [0.25, 0.3) is 116 Å². The van der Waals surface area contributed by atoms with Gasteiger partial charge in [0.15, 0.2) is 28.8 Å². The lowest BCUT2D eigenvalue weighted by Gasteiger charge is -2.17. The standard InChI is InChI=1S/C53H30N6O/c1-54-39-27-38(28-40(32-39)55-2)37-21-24-42-41-17-9-11-19-46(41)59(48(42)31-37)47-25-22-35(36-23-26-50-44(29-36)43-18-10-12-20-49(43)60-50)30-45(47)53-57-51(33-13-5-3-6-14-33)56-52(58-53)34-15-7-4-8-16-34/h3-32H. The molecule has 0 unspecified atom stereocenters. The molecule has 0 aliphatic heterocycles. The largest absolute Gasteiger partial charge is 0.456 e. The molecule has 0 spiro atoms. The van der Waals surface area contributed by atoms with Crippen molar-refractivity contribution in [1.82, 2.24) is 19.5 Å². The Morgan fingerprint density at radius 1 is 0.383 bits per heavy atom. The molecule has 0 aliphatic carbocycles. The Morgan fingerprint density at radius 3 is 1.65 bits per heavy atom. The van der Waals surface area contributed by atoms with E-state index in [9.17, 15) is 0 Å². The lowest BCUT2D eigenvalue weighted by atomic mass is 9.99. The van der Waals surface area contributed by atoms with E-state index in [1.54, 1.807) is 6.07 Å². The highest BCUT2D eigenvalue weighted by molar-refractivity contribution is 6.11. The molecule has 0 radical (unpaired) electrons. The van der Waals surface area contributed by atoms with Crippen LogP contribution in [0, 0.1) is 13.1 Å². The Morgan fingerprint density at radius 2 is 0.933 bits per heavy atom. The molecule has 0 fully saturated rings. The molecular weight excluding hydrogens is 737 g/mol. The Bertz CT molecular complexity index is 3480. The summed E-state index contributed by atoms with van der Waals surface area (Å²) < 4.78 is 8.49. The van der Waals surface area contributed by atoms with Gasteiger partial charge in [0.05, 0.1) is 29.9 Å². The number of hydrogen-bond donors (Lipinski definition) is 0. The van der Waals surface area contributed by atoms with E-state index in [4.69, 9.17) is 32.5 Å². The van der Waals surface area contributed by atoms with Gasteiger partial charge in [-0.1, -0.05) is 140 Å². The number of rotatable bonds is 6. The van der Waals surface area contributed by atoms with Crippen molar-refractivity contribution in [2.24, 2.45) is 0 Å². The van der Waals surface area contributed by atoms with Crippen molar-refractivity contribution in [3.05, 3.63) is 205 Å². The molecule has 3 aromatic heterocycles. The molecule has 3 heterocycles. The normalized spacial score (nSPS) is 11.3. The first-order valence-corrected chi connectivity index (χ1v) is 19.5. The molecule has 0 aliphatic rings. The van der Waals surface area contributed by atoms with Crippen LogP contribution in [-0.4, -0.2) is 19.5 Å². The zero-order valence-corrected chi connectivity index (χ0v) is 31.9. The summed E-state index contributed by atoms with van der Waals surface area (Å²) in [5.41, 5.74) is 11.7. The van der Waals surface area contributed by atoms with Crippen LogP contribution in [-0.2, 0) is 0 Å². The van der Waals surface area contributed by atoms with Crippen LogP contribution in [0.15, 0.2) is 186 Å². The first-order valence-electron chi connectivity index (χ1n) is 19.5. The summed E-state index contributed by atoms with van der Waals surface area (Å²) in [4.78, 5) is 22.8. The minimum atomic E-state index is 0.428. The number of para-hydroxylation sites is 2. The summed E-state index contributed by atoms with van der Waals surface area (Å²) in [5, 5.41) is 4.27. The van der Waals surface area contributed by atoms with E-state index in [1.807, 2.05) is 97.1 Å². The molecule has 8 aromatic carbocycles. The third kappa shape index (κ3) is 5.86. The van der Waals surface area contributed by atoms with Crippen LogP contribution in [0.4, 0.5) is 11.4 Å². The molecule has 0 bridgehead atoms. The summed E-state index contributed by atoms with van der Waals surface area (Å²) in [6, 6.07) is 61.1. The lowest BCUT2D eigenvalue weighted by Crippen LogP contribution is -2.04. The SMILES string of the molecule is [C-]#[N+]c1cc([N+]#[C-])cc(-c2ccc3c4ccccc4n(-c4ccc(-c5ccc6oc7ccccc7c6c5)cc4-c4nc(-c5ccccc5)nc(-c5ccccc5)n4)c3c2)c1. The molecule has 7 nitrogen and oxygen atoms in total. The van der Waals surface area contributed by atoms with Gasteiger partial charge in [0.1, 0.15) is 11.2 Å². The zero-order chi connectivity index (χ0) is 40.2. The van der Waals surface area contributed by atoms with Crippen molar-refractivity contribution < 1.29 is 4.42 Å². The molecule has 0 saturated heterocycles. The van der Waals surface area contributed by atoms with Gasteiger partial charge in [0.25, 0.3) is 0 Å². The number of aromatic nitrogens is 4. The Hall–Kier alpha value is -8.65. The quantitative estimate of drug-likeness (QED) is 0.158. The average molecular weight is 767 g/mol. The summed E-state index contributed by atoms with van der Waals surface area (Å²) in [5.74, 6) is 1.67. The summed E-state index contributed by atoms with van der Waals surface area (Å²) in [7, 11) is 0. The zero-order valence-electron chi connectivity index (χ0n) is 31.9. The van der Waals surface area contributed by atoms with Gasteiger partial charge in [-0.05, 0) is 64.7 Å². The second kappa shape index (κ2) is 14.1. The van der Waals surface area contributed by atoms with Crippen molar-refractivity contribution in [3.63, 3.8) is 0 Å². The van der Waals surface area contributed by atoms with Crippen molar-refractivity contribution in [1.29, 1.82) is 0 Å². The molecule has 0 saturated carbocycles. The van der Waals surface area contributed by atoms with Crippen LogP contribution >= 0.6 is 0 Å². The Labute approximate surface area is 344 Å². The van der Waals surface area contributed by atoms with Gasteiger partial charge in [0.2, 0.25) is 0 Å². The second-order valence-electron chi connectivity index (χ2n) is 14.6. The van der Waals surface area contributed by atoms with Gasteiger partial charge in [0, 0.05) is 38.2 Å². The van der Waals surface area contributed by atoms with E-state index < -0.39 is 0 Å². The van der Waals surface area contributed by atoms with Gasteiger partial charge in [-0.2, -0.15) is 0 Å². The number of nitrogens with zero attached hydrogens (tertiary/aromatic N) is 6. The van der Waals surface area contributed by atoms with Gasteiger partial charge < -0.3 is 8.98 Å². The van der Waals surface area contributed by atoms with E-state index in [0.717, 1.165) is 88.4 Å². The van der Waals surface area contributed by atoms with E-state index in [1.165, 1.54) is 0 Å². The molecule has 0 N–H and O–H groups in total. The molecule has 11 rings (SSSR count). The van der Waals surface area contributed by atoms with Gasteiger partial charge >= 0.3 is 0 Å². The van der Waals surface area contributed by atoms with Crippen LogP contribution in [0.1, 0.15) is 0 Å². The maximum atomic E-state index is 7.71. The first-order chi connectivity index (χ1) is 29.6. The summed E-state index contributed by atoms with van der Waals surface area (Å²) in [6.07, 6.45) is 0.